The summed E-state index contributed by atoms with van der Waals surface area (Å²) in [5, 5.41) is 2.48. The van der Waals surface area contributed by atoms with Gasteiger partial charge in [-0.15, -0.1) is 0 Å². The molecule has 1 aromatic carbocycles. The molecule has 0 radical (unpaired) electrons. The molecule has 1 N–H and O–H groups in total. The summed E-state index contributed by atoms with van der Waals surface area (Å²) in [7, 11) is 0. The van der Waals surface area contributed by atoms with Crippen LogP contribution in [0.25, 0.3) is 0 Å². The van der Waals surface area contributed by atoms with E-state index in [-0.39, 0.29) is 34.7 Å². The number of halogens is 3. The van der Waals surface area contributed by atoms with Gasteiger partial charge in [-0.2, -0.15) is 13.2 Å². The number of thioether (sulfide) groups is 1. The first kappa shape index (κ1) is 16.7. The van der Waals surface area contributed by atoms with Gasteiger partial charge in [0.15, 0.2) is 0 Å². The standard InChI is InChI=1S/C14H15F3N2O2S/c15-14(16,17)22-11-5-3-10(4-6-11)13(21)18-9-12(20)19-7-1-2-8-19/h3-6H,1-2,7-9H2,(H,18,21). The number of carbonyl (C=O) groups is 2. The fourth-order valence-corrected chi connectivity index (χ4v) is 2.68. The SMILES string of the molecule is O=C(NCC(=O)N1CCCC1)c1ccc(SC(F)(F)F)cc1. The Kier molecular flexibility index (Phi) is 5.33. The lowest BCUT2D eigenvalue weighted by Crippen LogP contribution is -2.38. The molecule has 1 fully saturated rings. The van der Waals surface area contributed by atoms with E-state index in [1.165, 1.54) is 24.3 Å². The summed E-state index contributed by atoms with van der Waals surface area (Å²) >= 11 is -0.236. The topological polar surface area (TPSA) is 49.4 Å². The first-order valence-electron chi connectivity index (χ1n) is 6.77. The second kappa shape index (κ2) is 7.04. The Bertz CT molecular complexity index is 540. The lowest BCUT2D eigenvalue weighted by Gasteiger charge is -2.15. The van der Waals surface area contributed by atoms with Crippen molar-refractivity contribution in [3.63, 3.8) is 0 Å². The largest absolute Gasteiger partial charge is 0.446 e. The van der Waals surface area contributed by atoms with Gasteiger partial charge in [0, 0.05) is 23.5 Å². The van der Waals surface area contributed by atoms with E-state index < -0.39 is 11.4 Å². The van der Waals surface area contributed by atoms with E-state index in [0.29, 0.717) is 13.1 Å². The smallest absolute Gasteiger partial charge is 0.343 e. The molecule has 8 heteroatoms. The van der Waals surface area contributed by atoms with Crippen LogP contribution in [-0.4, -0.2) is 41.9 Å². The van der Waals surface area contributed by atoms with Gasteiger partial charge in [-0.05, 0) is 48.9 Å². The molecule has 1 aliphatic heterocycles. The van der Waals surface area contributed by atoms with Crippen molar-refractivity contribution >= 4 is 23.6 Å². The molecule has 1 aromatic rings. The molecule has 0 aliphatic carbocycles. The Morgan fingerprint density at radius 3 is 2.27 bits per heavy atom. The van der Waals surface area contributed by atoms with Crippen LogP contribution in [0.15, 0.2) is 29.2 Å². The van der Waals surface area contributed by atoms with E-state index in [1.54, 1.807) is 4.90 Å². The molecule has 0 aromatic heterocycles. The van der Waals surface area contributed by atoms with Crippen molar-refractivity contribution in [1.82, 2.24) is 10.2 Å². The van der Waals surface area contributed by atoms with Gasteiger partial charge in [0.1, 0.15) is 0 Å². The molecule has 0 spiro atoms. The van der Waals surface area contributed by atoms with Crippen molar-refractivity contribution < 1.29 is 22.8 Å². The van der Waals surface area contributed by atoms with Gasteiger partial charge in [0.05, 0.1) is 6.54 Å². The van der Waals surface area contributed by atoms with E-state index in [1.807, 2.05) is 0 Å². The first-order chi connectivity index (χ1) is 10.3. The molecule has 0 bridgehead atoms. The summed E-state index contributed by atoms with van der Waals surface area (Å²) in [4.78, 5) is 25.3. The highest BCUT2D eigenvalue weighted by Crippen LogP contribution is 2.36. The van der Waals surface area contributed by atoms with Crippen LogP contribution < -0.4 is 5.32 Å². The van der Waals surface area contributed by atoms with Crippen LogP contribution in [0.4, 0.5) is 13.2 Å². The zero-order valence-electron chi connectivity index (χ0n) is 11.7. The number of amides is 2. The number of nitrogens with zero attached hydrogens (tertiary/aromatic N) is 1. The lowest BCUT2D eigenvalue weighted by molar-refractivity contribution is -0.129. The lowest BCUT2D eigenvalue weighted by atomic mass is 10.2. The Balaban J connectivity index is 1.85. The van der Waals surface area contributed by atoms with Crippen LogP contribution in [0.2, 0.25) is 0 Å². The maximum atomic E-state index is 12.2. The highest BCUT2D eigenvalue weighted by atomic mass is 32.2. The van der Waals surface area contributed by atoms with Crippen LogP contribution in [0.5, 0.6) is 0 Å². The third kappa shape index (κ3) is 4.94. The molecule has 120 valence electrons. The maximum Gasteiger partial charge on any atom is 0.446 e. The predicted molar refractivity (Wildman–Crippen MR) is 76.5 cm³/mol. The van der Waals surface area contributed by atoms with Crippen LogP contribution in [0, 0.1) is 0 Å². The number of nitrogens with one attached hydrogen (secondary N) is 1. The van der Waals surface area contributed by atoms with Gasteiger partial charge in [-0.25, -0.2) is 0 Å². The number of hydrogen-bond donors (Lipinski definition) is 1. The minimum atomic E-state index is -4.36. The molecule has 2 amide bonds. The van der Waals surface area contributed by atoms with E-state index in [0.717, 1.165) is 12.8 Å². The third-order valence-electron chi connectivity index (χ3n) is 3.21. The molecule has 22 heavy (non-hydrogen) atoms. The monoisotopic (exact) mass is 332 g/mol. The maximum absolute atomic E-state index is 12.2. The number of benzene rings is 1. The van der Waals surface area contributed by atoms with Crippen LogP contribution >= 0.6 is 11.8 Å². The zero-order chi connectivity index (χ0) is 16.2. The summed E-state index contributed by atoms with van der Waals surface area (Å²) in [5.74, 6) is -0.619. The van der Waals surface area contributed by atoms with Crippen LogP contribution in [0.1, 0.15) is 23.2 Å². The summed E-state index contributed by atoms with van der Waals surface area (Å²) in [6, 6.07) is 5.08. The molecule has 4 nitrogen and oxygen atoms in total. The van der Waals surface area contributed by atoms with Gasteiger partial charge in [0.2, 0.25) is 5.91 Å². The van der Waals surface area contributed by atoms with Crippen LogP contribution in [0.3, 0.4) is 0 Å². The molecule has 1 aliphatic rings. The average Bonchev–Trinajstić information content (AvgIpc) is 2.97. The minimum absolute atomic E-state index is 0.0113. The summed E-state index contributed by atoms with van der Waals surface area (Å²) in [6.07, 6.45) is 1.94. The second-order valence-electron chi connectivity index (χ2n) is 4.84. The molecule has 1 heterocycles. The zero-order valence-corrected chi connectivity index (χ0v) is 12.5. The molecule has 2 rings (SSSR count). The van der Waals surface area contributed by atoms with Crippen molar-refractivity contribution in [1.29, 1.82) is 0 Å². The Labute approximate surface area is 130 Å². The quantitative estimate of drug-likeness (QED) is 0.863. The van der Waals surface area contributed by atoms with Crippen molar-refractivity contribution in [3.05, 3.63) is 29.8 Å². The fourth-order valence-electron chi connectivity index (χ4n) is 2.14. The fraction of sp³-hybridized carbons (Fsp3) is 0.429. The van der Waals surface area contributed by atoms with Crippen molar-refractivity contribution in [2.45, 2.75) is 23.2 Å². The number of alkyl halides is 3. The molecular weight excluding hydrogens is 317 g/mol. The first-order valence-corrected chi connectivity index (χ1v) is 7.58. The Morgan fingerprint density at radius 2 is 1.73 bits per heavy atom. The third-order valence-corrected chi connectivity index (χ3v) is 3.95. The van der Waals surface area contributed by atoms with Crippen molar-refractivity contribution in [2.75, 3.05) is 19.6 Å². The summed E-state index contributed by atoms with van der Waals surface area (Å²) in [6.45, 7) is 1.31. The van der Waals surface area contributed by atoms with E-state index in [4.69, 9.17) is 0 Å². The number of likely N-dealkylation sites (tertiary alicyclic amines) is 1. The Hall–Kier alpha value is -1.70. The number of carbonyl (C=O) groups excluding carboxylic acids is 2. The minimum Gasteiger partial charge on any atom is -0.343 e. The molecule has 0 unspecified atom stereocenters. The summed E-state index contributed by atoms with van der Waals surface area (Å²) < 4.78 is 36.6. The van der Waals surface area contributed by atoms with Crippen molar-refractivity contribution in [3.8, 4) is 0 Å². The highest BCUT2D eigenvalue weighted by Gasteiger charge is 2.29. The van der Waals surface area contributed by atoms with Crippen LogP contribution in [-0.2, 0) is 4.79 Å². The van der Waals surface area contributed by atoms with E-state index in [2.05, 4.69) is 5.32 Å². The molecule has 0 atom stereocenters. The number of hydrogen-bond acceptors (Lipinski definition) is 3. The summed E-state index contributed by atoms with van der Waals surface area (Å²) in [5.41, 5.74) is -4.13. The van der Waals surface area contributed by atoms with E-state index >= 15 is 0 Å². The van der Waals surface area contributed by atoms with Gasteiger partial charge >= 0.3 is 5.51 Å². The van der Waals surface area contributed by atoms with Gasteiger partial charge in [-0.1, -0.05) is 0 Å². The molecule has 1 saturated heterocycles. The second-order valence-corrected chi connectivity index (χ2v) is 5.98. The van der Waals surface area contributed by atoms with Gasteiger partial charge < -0.3 is 10.2 Å². The Morgan fingerprint density at radius 1 is 1.14 bits per heavy atom. The average molecular weight is 332 g/mol. The van der Waals surface area contributed by atoms with Crippen molar-refractivity contribution in [2.24, 2.45) is 0 Å². The van der Waals surface area contributed by atoms with Gasteiger partial charge in [0.25, 0.3) is 5.91 Å². The van der Waals surface area contributed by atoms with E-state index in [9.17, 15) is 22.8 Å². The molecular formula is C14H15F3N2O2S. The van der Waals surface area contributed by atoms with Gasteiger partial charge in [-0.3, -0.25) is 9.59 Å². The predicted octanol–water partition coefficient (Wildman–Crippen LogP) is 2.65. The highest BCUT2D eigenvalue weighted by molar-refractivity contribution is 8.00. The number of rotatable bonds is 4. The molecule has 0 saturated carbocycles. The normalized spacial score (nSPS) is 15.0.